The summed E-state index contributed by atoms with van der Waals surface area (Å²) in [4.78, 5) is 26.3. The van der Waals surface area contributed by atoms with Crippen LogP contribution in [0.25, 0.3) is 0 Å². The molecule has 4 unspecified atom stereocenters. The van der Waals surface area contributed by atoms with E-state index in [1.807, 2.05) is 0 Å². The number of nitrogens with one attached hydrogen (secondary N) is 2. The molecule has 44 heavy (non-hydrogen) atoms. The topological polar surface area (TPSA) is 76.7 Å². The highest BCUT2D eigenvalue weighted by atomic mass is 16.5. The van der Waals surface area contributed by atoms with E-state index < -0.39 is 0 Å². The quantitative estimate of drug-likeness (QED) is 0.179. The van der Waals surface area contributed by atoms with Crippen molar-refractivity contribution in [3.63, 3.8) is 0 Å². The third-order valence-electron chi connectivity index (χ3n) is 11.7. The van der Waals surface area contributed by atoms with Gasteiger partial charge in [0, 0.05) is 59.7 Å². The van der Waals surface area contributed by atoms with Crippen LogP contribution in [0.5, 0.6) is 0 Å². The molecule has 0 aromatic carbocycles. The molecule has 254 valence electrons. The van der Waals surface area contributed by atoms with Gasteiger partial charge in [-0.2, -0.15) is 0 Å². The van der Waals surface area contributed by atoms with Gasteiger partial charge in [-0.3, -0.25) is 9.59 Å². The zero-order chi connectivity index (χ0) is 32.2. The molecular formula is C38H68N2O4. The second-order valence-corrected chi connectivity index (χ2v) is 17.8. The highest BCUT2D eigenvalue weighted by Crippen LogP contribution is 2.43. The Morgan fingerprint density at radius 3 is 1.25 bits per heavy atom. The van der Waals surface area contributed by atoms with Crippen LogP contribution in [-0.2, 0) is 19.1 Å². The number of hydrogen-bond donors (Lipinski definition) is 2. The van der Waals surface area contributed by atoms with Gasteiger partial charge in [0.2, 0.25) is 0 Å². The Morgan fingerprint density at radius 2 is 0.909 bits per heavy atom. The molecule has 6 heteroatoms. The Kier molecular flexibility index (Phi) is 12.0. The van der Waals surface area contributed by atoms with Crippen LogP contribution in [-0.4, -0.2) is 46.3 Å². The highest BCUT2D eigenvalue weighted by Gasteiger charge is 2.49. The number of esters is 2. The lowest BCUT2D eigenvalue weighted by Gasteiger charge is -2.52. The lowest BCUT2D eigenvalue weighted by molar-refractivity contribution is -0.162. The van der Waals surface area contributed by atoms with Crippen molar-refractivity contribution in [1.29, 1.82) is 0 Å². The van der Waals surface area contributed by atoms with Crippen molar-refractivity contribution in [3.8, 4) is 0 Å². The van der Waals surface area contributed by atoms with Gasteiger partial charge in [-0.05, 0) is 92.9 Å². The van der Waals surface area contributed by atoms with Crippen LogP contribution in [0.4, 0.5) is 0 Å². The minimum absolute atomic E-state index is 0.0617. The standard InChI is InChI=1S/C38H68N2O4/c1-35(2)25-31(29(37(5,6)39-35)23-27-17-11-9-12-18-27)43-33(41)21-15-16-22-34(42)44-32-26-36(3,4)40-38(7,8)30(32)24-28-19-13-10-14-20-28/h27-32,39-40H,9-26H2,1-8H3. The zero-order valence-electron chi connectivity index (χ0n) is 29.8. The number of unbranched alkanes of at least 4 members (excludes halogenated alkanes) is 1. The average Bonchev–Trinajstić information content (AvgIpc) is 2.90. The van der Waals surface area contributed by atoms with Crippen molar-refractivity contribution >= 4 is 11.9 Å². The average molecular weight is 617 g/mol. The molecule has 0 bridgehead atoms. The molecule has 0 amide bonds. The van der Waals surface area contributed by atoms with Crippen LogP contribution >= 0.6 is 0 Å². The van der Waals surface area contributed by atoms with Crippen molar-refractivity contribution < 1.29 is 19.1 Å². The predicted molar refractivity (Wildman–Crippen MR) is 179 cm³/mol. The zero-order valence-corrected chi connectivity index (χ0v) is 29.8. The van der Waals surface area contributed by atoms with Crippen molar-refractivity contribution in [2.75, 3.05) is 0 Å². The molecule has 4 rings (SSSR count). The van der Waals surface area contributed by atoms with E-state index in [2.05, 4.69) is 66.0 Å². The van der Waals surface area contributed by atoms with Crippen LogP contribution < -0.4 is 10.6 Å². The van der Waals surface area contributed by atoms with Gasteiger partial charge in [0.1, 0.15) is 12.2 Å². The minimum Gasteiger partial charge on any atom is -0.462 e. The largest absolute Gasteiger partial charge is 0.462 e. The first-order chi connectivity index (χ1) is 20.6. The van der Waals surface area contributed by atoms with Gasteiger partial charge in [0.05, 0.1) is 0 Å². The van der Waals surface area contributed by atoms with E-state index in [4.69, 9.17) is 9.47 Å². The molecule has 0 spiro atoms. The number of carbonyl (C=O) groups is 2. The third kappa shape index (κ3) is 10.2. The lowest BCUT2D eigenvalue weighted by atomic mass is 9.67. The molecule has 4 fully saturated rings. The second kappa shape index (κ2) is 14.7. The summed E-state index contributed by atoms with van der Waals surface area (Å²) in [7, 11) is 0. The van der Waals surface area contributed by atoms with E-state index in [0.717, 1.165) is 37.5 Å². The molecule has 2 saturated heterocycles. The summed E-state index contributed by atoms with van der Waals surface area (Å²) in [5, 5.41) is 7.72. The number of ether oxygens (including phenoxy) is 2. The first-order valence-corrected chi connectivity index (χ1v) is 18.5. The maximum atomic E-state index is 13.1. The summed E-state index contributed by atoms with van der Waals surface area (Å²) in [5.74, 6) is 1.89. The monoisotopic (exact) mass is 617 g/mol. The maximum absolute atomic E-state index is 13.1. The molecule has 0 aromatic heterocycles. The van der Waals surface area contributed by atoms with Gasteiger partial charge >= 0.3 is 11.9 Å². The second-order valence-electron chi connectivity index (χ2n) is 17.8. The van der Waals surface area contributed by atoms with E-state index in [-0.39, 0.29) is 46.3 Å². The SMILES string of the molecule is CC1(C)CC(OC(=O)CCCCC(=O)OC2CC(C)(C)NC(C)(C)C2CC2CCCCC2)C(CC2CCCCC2)C(C)(C)N1. The molecule has 0 radical (unpaired) electrons. The van der Waals surface area contributed by atoms with Gasteiger partial charge in [0.25, 0.3) is 0 Å². The molecule has 4 atom stereocenters. The molecular weight excluding hydrogens is 548 g/mol. The van der Waals surface area contributed by atoms with Crippen molar-refractivity contribution in [2.45, 2.75) is 205 Å². The maximum Gasteiger partial charge on any atom is 0.306 e. The van der Waals surface area contributed by atoms with Gasteiger partial charge < -0.3 is 20.1 Å². The number of hydrogen-bond acceptors (Lipinski definition) is 6. The minimum atomic E-state index is -0.111. The fraction of sp³-hybridized carbons (Fsp3) is 0.947. The summed E-state index contributed by atoms with van der Waals surface area (Å²) >= 11 is 0. The van der Waals surface area contributed by atoms with Gasteiger partial charge in [0.15, 0.2) is 0 Å². The van der Waals surface area contributed by atoms with Crippen LogP contribution in [0.1, 0.15) is 171 Å². The smallest absolute Gasteiger partial charge is 0.306 e. The Hall–Kier alpha value is -1.14. The molecule has 0 aromatic rings. The van der Waals surface area contributed by atoms with Crippen LogP contribution in [0, 0.1) is 23.7 Å². The number of rotatable bonds is 11. The summed E-state index contributed by atoms with van der Waals surface area (Å²) < 4.78 is 12.6. The highest BCUT2D eigenvalue weighted by molar-refractivity contribution is 5.71. The molecule has 2 N–H and O–H groups in total. The molecule has 2 aliphatic heterocycles. The summed E-state index contributed by atoms with van der Waals surface area (Å²) in [6.07, 6.45) is 19.1. The van der Waals surface area contributed by atoms with E-state index >= 15 is 0 Å². The van der Waals surface area contributed by atoms with E-state index in [0.29, 0.717) is 37.5 Å². The molecule has 6 nitrogen and oxygen atoms in total. The Morgan fingerprint density at radius 1 is 0.568 bits per heavy atom. The Balaban J connectivity index is 1.26. The number of piperidine rings is 2. The third-order valence-corrected chi connectivity index (χ3v) is 11.7. The first kappa shape index (κ1) is 35.7. The predicted octanol–water partition coefficient (Wildman–Crippen LogP) is 8.64. The summed E-state index contributed by atoms with van der Waals surface area (Å²) in [6, 6.07) is 0. The van der Waals surface area contributed by atoms with Gasteiger partial charge in [-0.25, -0.2) is 0 Å². The van der Waals surface area contributed by atoms with Crippen LogP contribution in [0.3, 0.4) is 0 Å². The van der Waals surface area contributed by atoms with Crippen molar-refractivity contribution in [1.82, 2.24) is 10.6 Å². The Labute approximate surface area is 270 Å². The Bertz CT molecular complexity index is 868. The molecule has 2 saturated carbocycles. The van der Waals surface area contributed by atoms with E-state index in [9.17, 15) is 9.59 Å². The fourth-order valence-corrected chi connectivity index (χ4v) is 9.95. The molecule has 4 aliphatic rings. The van der Waals surface area contributed by atoms with E-state index in [1.54, 1.807) is 0 Å². The fourth-order valence-electron chi connectivity index (χ4n) is 9.95. The molecule has 2 heterocycles. The van der Waals surface area contributed by atoms with Gasteiger partial charge in [-0.1, -0.05) is 64.2 Å². The van der Waals surface area contributed by atoms with Crippen molar-refractivity contribution in [2.24, 2.45) is 23.7 Å². The number of carbonyl (C=O) groups excluding carboxylic acids is 2. The lowest BCUT2D eigenvalue weighted by Crippen LogP contribution is -2.65. The molecule has 2 aliphatic carbocycles. The van der Waals surface area contributed by atoms with Crippen LogP contribution in [0.2, 0.25) is 0 Å². The van der Waals surface area contributed by atoms with E-state index in [1.165, 1.54) is 64.2 Å². The van der Waals surface area contributed by atoms with Gasteiger partial charge in [-0.15, -0.1) is 0 Å². The first-order valence-electron chi connectivity index (χ1n) is 18.5. The van der Waals surface area contributed by atoms with Crippen molar-refractivity contribution in [3.05, 3.63) is 0 Å². The summed E-state index contributed by atoms with van der Waals surface area (Å²) in [6.45, 7) is 18.1. The van der Waals surface area contributed by atoms with Crippen LogP contribution in [0.15, 0.2) is 0 Å². The normalized spacial score (nSPS) is 32.1. The summed E-state index contributed by atoms with van der Waals surface area (Å²) in [5.41, 5.74) is -0.317.